The van der Waals surface area contributed by atoms with Crippen molar-refractivity contribution in [2.45, 2.75) is 27.7 Å². The fourth-order valence-electron chi connectivity index (χ4n) is 3.31. The molecule has 0 aliphatic carbocycles. The zero-order valence-corrected chi connectivity index (χ0v) is 14.6. The van der Waals surface area contributed by atoms with Crippen LogP contribution in [0.15, 0.2) is 0 Å². The normalized spacial score (nSPS) is 11.2. The number of aryl methyl sites for hydroxylation is 2. The number of hydrogen-bond acceptors (Lipinski definition) is 7. The summed E-state index contributed by atoms with van der Waals surface area (Å²) in [5, 5.41) is 27.6. The Kier molecular flexibility index (Phi) is 3.49. The summed E-state index contributed by atoms with van der Waals surface area (Å²) in [4.78, 5) is 19.7. The van der Waals surface area contributed by atoms with E-state index >= 15 is 0 Å². The minimum absolute atomic E-state index is 0.0834. The first-order valence-corrected chi connectivity index (χ1v) is 7.90. The van der Waals surface area contributed by atoms with Crippen molar-refractivity contribution < 1.29 is 4.79 Å². The molecule has 0 saturated heterocycles. The lowest BCUT2D eigenvalue weighted by molar-refractivity contribution is 0.103. The molecule has 0 unspecified atom stereocenters. The highest BCUT2D eigenvalue weighted by molar-refractivity contribution is 6.13. The average Bonchev–Trinajstić information content (AvgIpc) is 3.36. The Morgan fingerprint density at radius 1 is 0.731 bits per heavy atom. The Hall–Kier alpha value is -3.63. The van der Waals surface area contributed by atoms with Gasteiger partial charge in [-0.2, -0.15) is 0 Å². The number of tetrazole rings is 2. The lowest BCUT2D eigenvalue weighted by atomic mass is 9.96. The Morgan fingerprint density at radius 2 is 1.15 bits per heavy atom. The van der Waals surface area contributed by atoms with Crippen molar-refractivity contribution in [3.05, 3.63) is 33.6 Å². The molecule has 0 radical (unpaired) electrons. The van der Waals surface area contributed by atoms with E-state index in [2.05, 4.69) is 51.2 Å². The van der Waals surface area contributed by atoms with Gasteiger partial charge in [0.25, 0.3) is 0 Å². The third kappa shape index (κ3) is 2.24. The number of nitrogens with zero attached hydrogens (tertiary/aromatic N) is 6. The second kappa shape index (κ2) is 5.72. The summed E-state index contributed by atoms with van der Waals surface area (Å²) in [6, 6.07) is 0. The monoisotopic (exact) mass is 352 g/mol. The smallest absolute Gasteiger partial charge is 0.197 e. The SMILES string of the molecule is Cc1[nH]c(-c2nnn[nH]2)c(C)c1C(=O)c1c(C)[nH]c(-c2nnn[nH]2)c1C. The minimum atomic E-state index is -0.0834. The van der Waals surface area contributed by atoms with Gasteiger partial charge in [-0.1, -0.05) is 0 Å². The molecule has 0 fully saturated rings. The van der Waals surface area contributed by atoms with Gasteiger partial charge < -0.3 is 9.97 Å². The first kappa shape index (κ1) is 15.9. The van der Waals surface area contributed by atoms with Crippen LogP contribution >= 0.6 is 0 Å². The summed E-state index contributed by atoms with van der Waals surface area (Å²) in [6.45, 7) is 7.44. The molecule has 0 aromatic carbocycles. The number of ketones is 1. The van der Waals surface area contributed by atoms with Gasteiger partial charge in [-0.3, -0.25) is 4.79 Å². The standard InChI is InChI=1S/C15H16N10O/c1-5-9(7(3)16-11(5)14-18-22-23-19-14)13(26)10-6(2)12(17-8(10)4)15-20-24-25-21-15/h16-17H,1-4H3,(H,18,19,22,23)(H,20,21,24,25). The molecule has 4 rings (SSSR count). The quantitative estimate of drug-likeness (QED) is 0.401. The van der Waals surface area contributed by atoms with E-state index in [4.69, 9.17) is 0 Å². The van der Waals surface area contributed by atoms with Gasteiger partial charge >= 0.3 is 0 Å². The third-order valence-electron chi connectivity index (χ3n) is 4.49. The third-order valence-corrected chi connectivity index (χ3v) is 4.49. The molecule has 11 nitrogen and oxygen atoms in total. The van der Waals surface area contributed by atoms with Crippen molar-refractivity contribution in [2.75, 3.05) is 0 Å². The highest BCUT2D eigenvalue weighted by Crippen LogP contribution is 2.31. The topological polar surface area (TPSA) is 158 Å². The predicted molar refractivity (Wildman–Crippen MR) is 90.3 cm³/mol. The molecule has 0 atom stereocenters. The van der Waals surface area contributed by atoms with Gasteiger partial charge in [-0.25, -0.2) is 10.2 Å². The summed E-state index contributed by atoms with van der Waals surface area (Å²) in [5.74, 6) is 0.890. The van der Waals surface area contributed by atoms with E-state index in [1.54, 1.807) is 0 Å². The summed E-state index contributed by atoms with van der Waals surface area (Å²) >= 11 is 0. The molecular weight excluding hydrogens is 336 g/mol. The molecule has 4 aromatic heterocycles. The Labute approximate surface area is 147 Å². The van der Waals surface area contributed by atoms with Crippen LogP contribution in [0.1, 0.15) is 38.4 Å². The maximum absolute atomic E-state index is 13.3. The number of carbonyl (C=O) groups excluding carboxylic acids is 1. The van der Waals surface area contributed by atoms with Gasteiger partial charge in [0, 0.05) is 22.5 Å². The van der Waals surface area contributed by atoms with Crippen LogP contribution in [0.2, 0.25) is 0 Å². The van der Waals surface area contributed by atoms with Crippen LogP contribution in [0.5, 0.6) is 0 Å². The van der Waals surface area contributed by atoms with Gasteiger partial charge in [0.1, 0.15) is 0 Å². The van der Waals surface area contributed by atoms with Crippen molar-refractivity contribution >= 4 is 5.78 Å². The van der Waals surface area contributed by atoms with Gasteiger partial charge in [0.05, 0.1) is 11.4 Å². The molecule has 0 bridgehead atoms. The number of rotatable bonds is 4. The molecule has 11 heteroatoms. The zero-order valence-electron chi connectivity index (χ0n) is 14.6. The van der Waals surface area contributed by atoms with Gasteiger partial charge in [-0.05, 0) is 59.7 Å². The predicted octanol–water partition coefficient (Wildman–Crippen LogP) is 1.17. The number of hydrogen-bond donors (Lipinski definition) is 4. The van der Waals surface area contributed by atoms with Crippen molar-refractivity contribution in [1.82, 2.24) is 51.2 Å². The highest BCUT2D eigenvalue weighted by atomic mass is 16.1. The molecule has 4 N–H and O–H groups in total. The summed E-state index contributed by atoms with van der Waals surface area (Å²) in [7, 11) is 0. The number of aromatic nitrogens is 10. The molecule has 4 aromatic rings. The summed E-state index contributed by atoms with van der Waals surface area (Å²) in [5.41, 5.74) is 5.67. The number of carbonyl (C=O) groups is 1. The Bertz CT molecular complexity index is 998. The highest BCUT2D eigenvalue weighted by Gasteiger charge is 2.27. The number of H-pyrrole nitrogens is 4. The van der Waals surface area contributed by atoms with Crippen LogP contribution in [0.4, 0.5) is 0 Å². The van der Waals surface area contributed by atoms with E-state index in [9.17, 15) is 4.79 Å². The fraction of sp³-hybridized carbons (Fsp3) is 0.267. The molecule has 132 valence electrons. The molecule has 0 saturated carbocycles. The zero-order chi connectivity index (χ0) is 18.4. The lowest BCUT2D eigenvalue weighted by Gasteiger charge is -2.04. The molecule has 0 aliphatic rings. The van der Waals surface area contributed by atoms with Crippen LogP contribution in [0, 0.1) is 27.7 Å². The first-order valence-electron chi connectivity index (χ1n) is 7.90. The van der Waals surface area contributed by atoms with Crippen LogP contribution in [0.25, 0.3) is 23.0 Å². The van der Waals surface area contributed by atoms with Crippen molar-refractivity contribution in [3.8, 4) is 23.0 Å². The van der Waals surface area contributed by atoms with Crippen molar-refractivity contribution in [1.29, 1.82) is 0 Å². The van der Waals surface area contributed by atoms with E-state index in [1.165, 1.54) is 0 Å². The van der Waals surface area contributed by atoms with Gasteiger partial charge in [0.2, 0.25) is 0 Å². The molecular formula is C15H16N10O. The summed E-state index contributed by atoms with van der Waals surface area (Å²) < 4.78 is 0. The first-order chi connectivity index (χ1) is 12.5. The largest absolute Gasteiger partial charge is 0.355 e. The van der Waals surface area contributed by atoms with E-state index < -0.39 is 0 Å². The average molecular weight is 352 g/mol. The second-order valence-corrected chi connectivity index (χ2v) is 6.08. The van der Waals surface area contributed by atoms with E-state index in [0.29, 0.717) is 34.2 Å². The van der Waals surface area contributed by atoms with Gasteiger partial charge in [0.15, 0.2) is 17.4 Å². The molecule has 26 heavy (non-hydrogen) atoms. The van der Waals surface area contributed by atoms with Crippen LogP contribution in [-0.4, -0.2) is 57.0 Å². The second-order valence-electron chi connectivity index (χ2n) is 6.08. The minimum Gasteiger partial charge on any atom is -0.355 e. The molecule has 0 amide bonds. The molecule has 0 spiro atoms. The van der Waals surface area contributed by atoms with Crippen molar-refractivity contribution in [2.24, 2.45) is 0 Å². The lowest BCUT2D eigenvalue weighted by Crippen LogP contribution is -2.06. The van der Waals surface area contributed by atoms with Crippen LogP contribution < -0.4 is 0 Å². The maximum Gasteiger partial charge on any atom is 0.197 e. The van der Waals surface area contributed by atoms with Crippen LogP contribution in [-0.2, 0) is 0 Å². The van der Waals surface area contributed by atoms with Crippen molar-refractivity contribution in [3.63, 3.8) is 0 Å². The van der Waals surface area contributed by atoms with Gasteiger partial charge in [-0.15, -0.1) is 10.2 Å². The fourth-order valence-corrected chi connectivity index (χ4v) is 3.31. The number of nitrogens with one attached hydrogen (secondary N) is 4. The molecule has 0 aliphatic heterocycles. The van der Waals surface area contributed by atoms with E-state index in [-0.39, 0.29) is 5.78 Å². The van der Waals surface area contributed by atoms with E-state index in [1.807, 2.05) is 27.7 Å². The summed E-state index contributed by atoms with van der Waals surface area (Å²) in [6.07, 6.45) is 0. The van der Waals surface area contributed by atoms with E-state index in [0.717, 1.165) is 22.5 Å². The molecule has 4 heterocycles. The number of aromatic amines is 4. The van der Waals surface area contributed by atoms with Crippen LogP contribution in [0.3, 0.4) is 0 Å². The Balaban J connectivity index is 1.83. The maximum atomic E-state index is 13.3. The Morgan fingerprint density at radius 3 is 1.50 bits per heavy atom.